The van der Waals surface area contributed by atoms with Crippen molar-refractivity contribution in [2.75, 3.05) is 30.4 Å². The van der Waals surface area contributed by atoms with E-state index in [4.69, 9.17) is 17.2 Å². The van der Waals surface area contributed by atoms with Crippen LogP contribution < -0.4 is 27.9 Å². The highest BCUT2D eigenvalue weighted by atomic mass is 16.3. The van der Waals surface area contributed by atoms with Gasteiger partial charge in [0.2, 0.25) is 5.95 Å². The lowest BCUT2D eigenvalue weighted by atomic mass is 10.1. The number of hydrogen-bond acceptors (Lipinski definition) is 9. The fourth-order valence-electron chi connectivity index (χ4n) is 2.82. The van der Waals surface area contributed by atoms with Gasteiger partial charge in [-0.25, -0.2) is 0 Å². The maximum atomic E-state index is 9.37. The number of nitrogens with two attached hydrogens (primary N) is 3. The molecule has 0 amide bonds. The number of rotatable bonds is 8. The van der Waals surface area contributed by atoms with Gasteiger partial charge in [0.05, 0.1) is 5.70 Å². The number of nitrogens with one attached hydrogen (secondary N) is 2. The molecule has 0 spiro atoms. The number of hydrazine groups is 1. The van der Waals surface area contributed by atoms with Crippen molar-refractivity contribution < 1.29 is 5.11 Å². The second kappa shape index (κ2) is 15.2. The highest BCUT2D eigenvalue weighted by Crippen LogP contribution is 2.25. The van der Waals surface area contributed by atoms with Crippen molar-refractivity contribution in [3.63, 3.8) is 0 Å². The zero-order valence-corrected chi connectivity index (χ0v) is 19.4. The molecule has 0 saturated carbocycles. The standard InChI is InChI=1S/C16H28N8O.C3H8.C2H6/c1-3-4-8-24-13(12(7-9-25)20-10(2)23-24)6-5-11-14(17)21-16(19)22-15(11)18;1-3-2;1-2/h20,23,25H,2-9H2,1H3,(H6,17,18,19,21,22);3H2,1-2H3;1-2H3. The molecular formula is C21H42N8O. The van der Waals surface area contributed by atoms with Crippen LogP contribution in [0.15, 0.2) is 23.8 Å². The summed E-state index contributed by atoms with van der Waals surface area (Å²) in [5.74, 6) is 1.37. The molecule has 9 nitrogen and oxygen atoms in total. The molecule has 9 N–H and O–H groups in total. The Hall–Kier alpha value is -2.68. The maximum absolute atomic E-state index is 9.37. The van der Waals surface area contributed by atoms with Crippen molar-refractivity contribution in [1.82, 2.24) is 25.7 Å². The van der Waals surface area contributed by atoms with Crippen LogP contribution in [0.1, 0.15) is 72.3 Å². The normalized spacial score (nSPS) is 12.9. The molecule has 30 heavy (non-hydrogen) atoms. The SMILES string of the molecule is C=C1NC(CCO)=C(CCc2c(N)nc(N)nc2N)N(CCCC)N1.CC.CCC. The summed E-state index contributed by atoms with van der Waals surface area (Å²) in [6.45, 7) is 15.2. The fraction of sp³-hybridized carbons (Fsp3) is 0.619. The first-order valence-corrected chi connectivity index (χ1v) is 10.9. The van der Waals surface area contributed by atoms with Gasteiger partial charge in [0.25, 0.3) is 0 Å². The molecule has 0 aromatic carbocycles. The van der Waals surface area contributed by atoms with Crippen LogP contribution in [0.5, 0.6) is 0 Å². The van der Waals surface area contributed by atoms with Gasteiger partial charge in [-0.2, -0.15) is 9.97 Å². The summed E-state index contributed by atoms with van der Waals surface area (Å²) >= 11 is 0. The van der Waals surface area contributed by atoms with Gasteiger partial charge < -0.3 is 27.6 Å². The van der Waals surface area contributed by atoms with E-state index < -0.39 is 0 Å². The predicted octanol–water partition coefficient (Wildman–Crippen LogP) is 2.87. The van der Waals surface area contributed by atoms with Crippen LogP contribution in [0, 0.1) is 0 Å². The lowest BCUT2D eigenvalue weighted by molar-refractivity contribution is 0.226. The Morgan fingerprint density at radius 1 is 1.00 bits per heavy atom. The van der Waals surface area contributed by atoms with Crippen LogP contribution in [0.25, 0.3) is 0 Å². The van der Waals surface area contributed by atoms with E-state index in [9.17, 15) is 5.11 Å². The molecule has 0 unspecified atom stereocenters. The third-order valence-corrected chi connectivity index (χ3v) is 4.04. The second-order valence-corrected chi connectivity index (χ2v) is 6.66. The van der Waals surface area contributed by atoms with Crippen molar-refractivity contribution in [3.8, 4) is 0 Å². The molecule has 1 aromatic heterocycles. The number of allylic oxidation sites excluding steroid dienone is 1. The van der Waals surface area contributed by atoms with E-state index in [1.165, 1.54) is 6.42 Å². The van der Waals surface area contributed by atoms with Crippen LogP contribution in [-0.2, 0) is 6.42 Å². The van der Waals surface area contributed by atoms with Gasteiger partial charge in [-0.3, -0.25) is 10.4 Å². The number of aromatic nitrogens is 2. The lowest BCUT2D eigenvalue weighted by Crippen LogP contribution is -2.47. The number of nitrogens with zero attached hydrogens (tertiary/aromatic N) is 3. The molecule has 9 heteroatoms. The van der Waals surface area contributed by atoms with Gasteiger partial charge in [0.15, 0.2) is 0 Å². The average molecular weight is 423 g/mol. The molecule has 172 valence electrons. The van der Waals surface area contributed by atoms with Crippen LogP contribution >= 0.6 is 0 Å². The van der Waals surface area contributed by atoms with Gasteiger partial charge in [0.1, 0.15) is 17.5 Å². The monoisotopic (exact) mass is 422 g/mol. The topological polar surface area (TPSA) is 151 Å². The number of unbranched alkanes of at least 4 members (excludes halogenated alkanes) is 1. The summed E-state index contributed by atoms with van der Waals surface area (Å²) in [5, 5.41) is 14.6. The molecule has 0 atom stereocenters. The van der Waals surface area contributed by atoms with E-state index in [2.05, 4.69) is 53.1 Å². The summed E-state index contributed by atoms with van der Waals surface area (Å²) in [5.41, 5.74) is 23.4. The molecule has 2 rings (SSSR count). The van der Waals surface area contributed by atoms with E-state index in [1.807, 2.05) is 13.8 Å². The van der Waals surface area contributed by atoms with Gasteiger partial charge in [-0.05, 0) is 19.3 Å². The van der Waals surface area contributed by atoms with Gasteiger partial charge >= 0.3 is 0 Å². The third kappa shape index (κ3) is 8.77. The third-order valence-electron chi connectivity index (χ3n) is 4.04. The van der Waals surface area contributed by atoms with Crippen molar-refractivity contribution in [2.24, 2.45) is 0 Å². The Kier molecular flexibility index (Phi) is 13.8. The predicted molar refractivity (Wildman–Crippen MR) is 127 cm³/mol. The zero-order valence-electron chi connectivity index (χ0n) is 19.4. The molecule has 1 aliphatic rings. The van der Waals surface area contributed by atoms with Crippen molar-refractivity contribution in [1.29, 1.82) is 0 Å². The van der Waals surface area contributed by atoms with Crippen molar-refractivity contribution in [2.45, 2.75) is 73.1 Å². The molecule has 0 fully saturated rings. The Morgan fingerprint density at radius 3 is 2.07 bits per heavy atom. The van der Waals surface area contributed by atoms with Crippen molar-refractivity contribution >= 4 is 17.6 Å². The highest BCUT2D eigenvalue weighted by Gasteiger charge is 2.21. The summed E-state index contributed by atoms with van der Waals surface area (Å²) in [4.78, 5) is 7.97. The molecule has 2 heterocycles. The van der Waals surface area contributed by atoms with Crippen molar-refractivity contribution in [3.05, 3.63) is 29.4 Å². The molecule has 1 aliphatic heterocycles. The Labute approximate surface area is 181 Å². The molecule has 0 aliphatic carbocycles. The average Bonchev–Trinajstić information content (AvgIpc) is 2.69. The summed E-state index contributed by atoms with van der Waals surface area (Å²) in [6.07, 6.45) is 5.11. The minimum Gasteiger partial charge on any atom is -0.396 e. The fourth-order valence-corrected chi connectivity index (χ4v) is 2.82. The van der Waals surface area contributed by atoms with Crippen LogP contribution in [0.4, 0.5) is 17.6 Å². The van der Waals surface area contributed by atoms with Crippen LogP contribution in [0.3, 0.4) is 0 Å². The van der Waals surface area contributed by atoms with E-state index in [0.29, 0.717) is 42.3 Å². The van der Waals surface area contributed by atoms with Crippen LogP contribution in [-0.4, -0.2) is 33.2 Å². The van der Waals surface area contributed by atoms with Gasteiger partial charge in [0, 0.05) is 30.8 Å². The first-order chi connectivity index (χ1) is 14.4. The molecule has 0 bridgehead atoms. The highest BCUT2D eigenvalue weighted by molar-refractivity contribution is 5.56. The molecule has 0 radical (unpaired) electrons. The Morgan fingerprint density at radius 2 is 1.57 bits per heavy atom. The smallest absolute Gasteiger partial charge is 0.223 e. The zero-order chi connectivity index (χ0) is 23.1. The minimum absolute atomic E-state index is 0.0516. The van der Waals surface area contributed by atoms with Gasteiger partial charge in [-0.15, -0.1) is 0 Å². The largest absolute Gasteiger partial charge is 0.396 e. The maximum Gasteiger partial charge on any atom is 0.223 e. The summed E-state index contributed by atoms with van der Waals surface area (Å²) in [7, 11) is 0. The summed E-state index contributed by atoms with van der Waals surface area (Å²) in [6, 6.07) is 0. The number of aliphatic hydroxyl groups is 1. The summed E-state index contributed by atoms with van der Waals surface area (Å²) < 4.78 is 0. The first-order valence-electron chi connectivity index (χ1n) is 10.9. The number of aliphatic hydroxyl groups excluding tert-OH is 1. The number of nitrogen functional groups attached to an aromatic ring is 3. The van der Waals surface area contributed by atoms with E-state index in [1.54, 1.807) is 0 Å². The van der Waals surface area contributed by atoms with E-state index >= 15 is 0 Å². The first kappa shape index (κ1) is 27.3. The lowest BCUT2D eigenvalue weighted by Gasteiger charge is -2.37. The molecular weight excluding hydrogens is 380 g/mol. The van der Waals surface area contributed by atoms with Gasteiger partial charge in [-0.1, -0.05) is 54.0 Å². The number of hydrogen-bond donors (Lipinski definition) is 6. The second-order valence-electron chi connectivity index (χ2n) is 6.66. The van der Waals surface area contributed by atoms with Crippen LogP contribution in [0.2, 0.25) is 0 Å². The quantitative estimate of drug-likeness (QED) is 0.371. The molecule has 0 saturated heterocycles. The molecule has 1 aromatic rings. The minimum atomic E-state index is 0.0516. The Bertz CT molecular complexity index is 652. The van der Waals surface area contributed by atoms with E-state index in [0.717, 1.165) is 30.8 Å². The number of anilines is 3. The van der Waals surface area contributed by atoms with E-state index in [-0.39, 0.29) is 12.6 Å². The Balaban J connectivity index is 0.00000154.